The highest BCUT2D eigenvalue weighted by molar-refractivity contribution is 5.39. The molecule has 20 heavy (non-hydrogen) atoms. The monoisotopic (exact) mass is 276 g/mol. The second-order valence-electron chi connectivity index (χ2n) is 6.22. The molecule has 3 heteroatoms. The zero-order valence-corrected chi connectivity index (χ0v) is 13.1. The van der Waals surface area contributed by atoms with Crippen molar-refractivity contribution in [1.82, 2.24) is 4.90 Å². The molecule has 0 radical (unpaired) electrons. The second-order valence-corrected chi connectivity index (χ2v) is 6.22. The van der Waals surface area contributed by atoms with Crippen molar-refractivity contribution in [3.63, 3.8) is 0 Å². The zero-order valence-electron chi connectivity index (χ0n) is 13.1. The number of hydrogen-bond donors (Lipinski definition) is 1. The van der Waals surface area contributed by atoms with E-state index < -0.39 is 0 Å². The van der Waals surface area contributed by atoms with Gasteiger partial charge in [-0.05, 0) is 56.0 Å². The first-order valence-electron chi connectivity index (χ1n) is 7.77. The van der Waals surface area contributed by atoms with Crippen LogP contribution in [0.15, 0.2) is 18.2 Å². The largest absolute Gasteiger partial charge is 0.492 e. The molecule has 0 unspecified atom stereocenters. The first-order chi connectivity index (χ1) is 9.56. The van der Waals surface area contributed by atoms with Crippen molar-refractivity contribution >= 4 is 0 Å². The van der Waals surface area contributed by atoms with Crippen LogP contribution >= 0.6 is 0 Å². The average molecular weight is 276 g/mol. The molecule has 1 aliphatic heterocycles. The van der Waals surface area contributed by atoms with Crippen molar-refractivity contribution in [2.45, 2.75) is 45.6 Å². The molecule has 0 saturated carbocycles. The third-order valence-corrected chi connectivity index (χ3v) is 4.09. The number of aryl methyl sites for hydroxylation is 1. The Kier molecular flexibility index (Phi) is 5.44. The van der Waals surface area contributed by atoms with E-state index in [4.69, 9.17) is 10.5 Å². The summed E-state index contributed by atoms with van der Waals surface area (Å²) in [6.07, 6.45) is 2.23. The maximum atomic E-state index is 6.04. The normalized spacial score (nSPS) is 17.6. The molecule has 1 aromatic carbocycles. The Hall–Kier alpha value is -1.06. The number of likely N-dealkylation sites (tertiary alicyclic amines) is 1. The summed E-state index contributed by atoms with van der Waals surface area (Å²) >= 11 is 0. The van der Waals surface area contributed by atoms with Crippen molar-refractivity contribution in [1.29, 1.82) is 0 Å². The SMILES string of the molecule is Cc1ccc(C(C)C)c(OCCN2CCC(N)CC2)c1. The number of nitrogens with two attached hydrogens (primary N) is 1. The van der Waals surface area contributed by atoms with Crippen LogP contribution in [-0.4, -0.2) is 37.2 Å². The smallest absolute Gasteiger partial charge is 0.123 e. The summed E-state index contributed by atoms with van der Waals surface area (Å²) in [5.74, 6) is 1.55. The fourth-order valence-corrected chi connectivity index (χ4v) is 2.70. The van der Waals surface area contributed by atoms with Gasteiger partial charge in [0.15, 0.2) is 0 Å². The lowest BCUT2D eigenvalue weighted by molar-refractivity contribution is 0.173. The van der Waals surface area contributed by atoms with Gasteiger partial charge in [-0.25, -0.2) is 0 Å². The summed E-state index contributed by atoms with van der Waals surface area (Å²) < 4.78 is 6.04. The molecule has 2 N–H and O–H groups in total. The highest BCUT2D eigenvalue weighted by Crippen LogP contribution is 2.27. The van der Waals surface area contributed by atoms with Crippen LogP contribution in [0, 0.1) is 6.92 Å². The predicted molar refractivity (Wildman–Crippen MR) is 84.4 cm³/mol. The predicted octanol–water partition coefficient (Wildman–Crippen LogP) is 2.92. The van der Waals surface area contributed by atoms with Crippen LogP contribution in [0.1, 0.15) is 43.7 Å². The Balaban J connectivity index is 1.86. The van der Waals surface area contributed by atoms with E-state index >= 15 is 0 Å². The van der Waals surface area contributed by atoms with Crippen molar-refractivity contribution in [2.24, 2.45) is 5.73 Å². The minimum atomic E-state index is 0.400. The molecule has 1 fully saturated rings. The van der Waals surface area contributed by atoms with Crippen molar-refractivity contribution < 1.29 is 4.74 Å². The minimum absolute atomic E-state index is 0.400. The molecular formula is C17H28N2O. The van der Waals surface area contributed by atoms with Gasteiger partial charge in [0.1, 0.15) is 12.4 Å². The summed E-state index contributed by atoms with van der Waals surface area (Å²) in [4.78, 5) is 2.45. The van der Waals surface area contributed by atoms with Crippen LogP contribution in [0.4, 0.5) is 0 Å². The zero-order chi connectivity index (χ0) is 14.5. The average Bonchev–Trinajstić information content (AvgIpc) is 2.41. The number of piperidine rings is 1. The Bertz CT molecular complexity index is 423. The lowest BCUT2D eigenvalue weighted by Crippen LogP contribution is -2.41. The highest BCUT2D eigenvalue weighted by atomic mass is 16.5. The van der Waals surface area contributed by atoms with Gasteiger partial charge in [0.25, 0.3) is 0 Å². The van der Waals surface area contributed by atoms with Crippen LogP contribution in [0.5, 0.6) is 5.75 Å². The summed E-state index contributed by atoms with van der Waals surface area (Å²) in [6.45, 7) is 10.5. The van der Waals surface area contributed by atoms with E-state index in [1.807, 2.05) is 0 Å². The van der Waals surface area contributed by atoms with Gasteiger partial charge in [0.05, 0.1) is 0 Å². The number of benzene rings is 1. The van der Waals surface area contributed by atoms with Gasteiger partial charge >= 0.3 is 0 Å². The van der Waals surface area contributed by atoms with Crippen LogP contribution in [-0.2, 0) is 0 Å². The summed E-state index contributed by atoms with van der Waals surface area (Å²) in [5, 5.41) is 0. The number of nitrogens with zero attached hydrogens (tertiary/aromatic N) is 1. The Morgan fingerprint density at radius 2 is 2.00 bits per heavy atom. The molecule has 0 bridgehead atoms. The molecular weight excluding hydrogens is 248 g/mol. The van der Waals surface area contributed by atoms with E-state index in [0.717, 1.165) is 44.8 Å². The molecule has 1 heterocycles. The second kappa shape index (κ2) is 7.09. The van der Waals surface area contributed by atoms with E-state index in [0.29, 0.717) is 12.0 Å². The third kappa shape index (κ3) is 4.22. The van der Waals surface area contributed by atoms with Crippen LogP contribution in [0.2, 0.25) is 0 Å². The van der Waals surface area contributed by atoms with E-state index in [2.05, 4.69) is 43.9 Å². The van der Waals surface area contributed by atoms with Gasteiger partial charge in [-0.15, -0.1) is 0 Å². The van der Waals surface area contributed by atoms with Crippen molar-refractivity contribution in [2.75, 3.05) is 26.2 Å². The van der Waals surface area contributed by atoms with Crippen LogP contribution in [0.25, 0.3) is 0 Å². The Morgan fingerprint density at radius 1 is 1.30 bits per heavy atom. The van der Waals surface area contributed by atoms with Crippen molar-refractivity contribution in [3.8, 4) is 5.75 Å². The van der Waals surface area contributed by atoms with Crippen molar-refractivity contribution in [3.05, 3.63) is 29.3 Å². The molecule has 1 aliphatic rings. The maximum Gasteiger partial charge on any atom is 0.123 e. The van der Waals surface area contributed by atoms with Gasteiger partial charge in [-0.1, -0.05) is 26.0 Å². The lowest BCUT2D eigenvalue weighted by atomic mass is 10.0. The summed E-state index contributed by atoms with van der Waals surface area (Å²) in [5.41, 5.74) is 8.49. The molecule has 1 saturated heterocycles. The van der Waals surface area contributed by atoms with E-state index in [1.54, 1.807) is 0 Å². The third-order valence-electron chi connectivity index (χ3n) is 4.09. The van der Waals surface area contributed by atoms with Crippen LogP contribution < -0.4 is 10.5 Å². The minimum Gasteiger partial charge on any atom is -0.492 e. The first kappa shape index (κ1) is 15.3. The van der Waals surface area contributed by atoms with Gasteiger partial charge in [0, 0.05) is 12.6 Å². The van der Waals surface area contributed by atoms with Gasteiger partial charge in [0.2, 0.25) is 0 Å². The number of hydrogen-bond acceptors (Lipinski definition) is 3. The van der Waals surface area contributed by atoms with Gasteiger partial charge < -0.3 is 10.5 Å². The Labute approximate surface area is 123 Å². The van der Waals surface area contributed by atoms with E-state index in [1.165, 1.54) is 11.1 Å². The molecule has 0 spiro atoms. The van der Waals surface area contributed by atoms with Gasteiger partial charge in [-0.2, -0.15) is 0 Å². The number of rotatable bonds is 5. The molecule has 2 rings (SSSR count). The molecule has 0 atom stereocenters. The molecule has 3 nitrogen and oxygen atoms in total. The van der Waals surface area contributed by atoms with Crippen LogP contribution in [0.3, 0.4) is 0 Å². The molecule has 1 aromatic rings. The molecule has 0 aliphatic carbocycles. The Morgan fingerprint density at radius 3 is 2.65 bits per heavy atom. The molecule has 0 aromatic heterocycles. The maximum absolute atomic E-state index is 6.04. The van der Waals surface area contributed by atoms with Gasteiger partial charge in [-0.3, -0.25) is 4.90 Å². The molecule has 0 amide bonds. The summed E-state index contributed by atoms with van der Waals surface area (Å²) in [6, 6.07) is 6.90. The molecule has 112 valence electrons. The highest BCUT2D eigenvalue weighted by Gasteiger charge is 2.16. The topological polar surface area (TPSA) is 38.5 Å². The standard InChI is InChI=1S/C17H28N2O/c1-13(2)16-5-4-14(3)12-17(16)20-11-10-19-8-6-15(18)7-9-19/h4-5,12-13,15H,6-11,18H2,1-3H3. The van der Waals surface area contributed by atoms with E-state index in [-0.39, 0.29) is 0 Å². The fourth-order valence-electron chi connectivity index (χ4n) is 2.70. The number of ether oxygens (including phenoxy) is 1. The quantitative estimate of drug-likeness (QED) is 0.898. The first-order valence-corrected chi connectivity index (χ1v) is 7.77. The summed E-state index contributed by atoms with van der Waals surface area (Å²) in [7, 11) is 0. The fraction of sp³-hybridized carbons (Fsp3) is 0.647. The lowest BCUT2D eigenvalue weighted by Gasteiger charge is -2.30. The van der Waals surface area contributed by atoms with E-state index in [9.17, 15) is 0 Å².